The molecular weight excluding hydrogens is 289 g/mol. The Balaban J connectivity index is 2.68. The first-order valence-electron chi connectivity index (χ1n) is 5.61. The van der Waals surface area contributed by atoms with Gasteiger partial charge in [-0.3, -0.25) is 4.79 Å². The molecule has 0 aliphatic heterocycles. The fraction of sp³-hybridized carbons (Fsp3) is 0.308. The van der Waals surface area contributed by atoms with Crippen molar-refractivity contribution in [1.82, 2.24) is 5.32 Å². The maximum atomic E-state index is 11.6. The first-order valence-corrected chi connectivity index (χ1v) is 6.36. The van der Waals surface area contributed by atoms with Gasteiger partial charge in [-0.1, -0.05) is 29.3 Å². The van der Waals surface area contributed by atoms with Crippen LogP contribution >= 0.6 is 23.2 Å². The molecule has 1 aromatic rings. The SMILES string of the molecule is COCC(CO)NC(=O)/C=C/c1c(Cl)cccc1Cl. The predicted molar refractivity (Wildman–Crippen MR) is 76.4 cm³/mol. The van der Waals surface area contributed by atoms with Crippen LogP contribution in [0, 0.1) is 0 Å². The van der Waals surface area contributed by atoms with Crippen molar-refractivity contribution in [2.45, 2.75) is 6.04 Å². The molecule has 1 atom stereocenters. The van der Waals surface area contributed by atoms with Gasteiger partial charge in [0, 0.05) is 28.8 Å². The standard InChI is InChI=1S/C13H15Cl2NO3/c1-19-8-9(7-17)16-13(18)6-5-10-11(14)3-2-4-12(10)15/h2-6,9,17H,7-8H2,1H3,(H,16,18)/b6-5+. The number of hydrogen-bond donors (Lipinski definition) is 2. The molecule has 0 aromatic heterocycles. The van der Waals surface area contributed by atoms with Crippen molar-refractivity contribution >= 4 is 35.2 Å². The fourth-order valence-corrected chi connectivity index (χ4v) is 1.94. The fourth-order valence-electron chi connectivity index (χ4n) is 1.42. The molecule has 19 heavy (non-hydrogen) atoms. The molecule has 0 aliphatic rings. The number of benzene rings is 1. The van der Waals surface area contributed by atoms with Gasteiger partial charge in [-0.25, -0.2) is 0 Å². The minimum atomic E-state index is -0.441. The first kappa shape index (κ1) is 16.0. The zero-order chi connectivity index (χ0) is 14.3. The number of nitrogens with one attached hydrogen (secondary N) is 1. The van der Waals surface area contributed by atoms with E-state index in [9.17, 15) is 4.79 Å². The Kier molecular flexibility index (Phi) is 6.87. The molecule has 0 aliphatic carbocycles. The average molecular weight is 304 g/mol. The van der Waals surface area contributed by atoms with Gasteiger partial charge in [0.15, 0.2) is 0 Å². The van der Waals surface area contributed by atoms with Crippen LogP contribution in [0.3, 0.4) is 0 Å². The molecule has 1 unspecified atom stereocenters. The number of ether oxygens (including phenoxy) is 1. The summed E-state index contributed by atoms with van der Waals surface area (Å²) in [6.45, 7) is 0.0448. The molecule has 0 spiro atoms. The Bertz CT molecular complexity index is 443. The van der Waals surface area contributed by atoms with E-state index in [2.05, 4.69) is 5.32 Å². The van der Waals surface area contributed by atoms with Crippen molar-refractivity contribution in [1.29, 1.82) is 0 Å². The van der Waals surface area contributed by atoms with Gasteiger partial charge >= 0.3 is 0 Å². The van der Waals surface area contributed by atoms with E-state index in [1.54, 1.807) is 18.2 Å². The Morgan fingerprint density at radius 2 is 2.11 bits per heavy atom. The number of hydrogen-bond acceptors (Lipinski definition) is 3. The molecule has 0 saturated heterocycles. The maximum Gasteiger partial charge on any atom is 0.244 e. The lowest BCUT2D eigenvalue weighted by Gasteiger charge is -2.13. The highest BCUT2D eigenvalue weighted by Gasteiger charge is 2.09. The highest BCUT2D eigenvalue weighted by atomic mass is 35.5. The lowest BCUT2D eigenvalue weighted by molar-refractivity contribution is -0.117. The van der Waals surface area contributed by atoms with Crippen LogP contribution in [0.4, 0.5) is 0 Å². The van der Waals surface area contributed by atoms with Crippen LogP contribution < -0.4 is 5.32 Å². The molecule has 104 valence electrons. The van der Waals surface area contributed by atoms with Gasteiger partial charge in [0.05, 0.1) is 19.3 Å². The van der Waals surface area contributed by atoms with Crippen molar-refractivity contribution < 1.29 is 14.6 Å². The quantitative estimate of drug-likeness (QED) is 0.792. The lowest BCUT2D eigenvalue weighted by atomic mass is 10.2. The number of aliphatic hydroxyl groups excluding tert-OH is 1. The van der Waals surface area contributed by atoms with Gasteiger partial charge in [-0.15, -0.1) is 0 Å². The third kappa shape index (κ3) is 5.20. The molecule has 0 radical (unpaired) electrons. The number of methoxy groups -OCH3 is 1. The summed E-state index contributed by atoms with van der Waals surface area (Å²) in [4.78, 5) is 11.6. The summed E-state index contributed by atoms with van der Waals surface area (Å²) in [6, 6.07) is 4.66. The second-order valence-electron chi connectivity index (χ2n) is 3.81. The van der Waals surface area contributed by atoms with Crippen LogP contribution in [0.1, 0.15) is 5.56 Å². The Morgan fingerprint density at radius 1 is 1.47 bits per heavy atom. The van der Waals surface area contributed by atoms with Crippen LogP contribution in [0.25, 0.3) is 6.08 Å². The summed E-state index contributed by atoms with van der Waals surface area (Å²) in [6.07, 6.45) is 2.84. The zero-order valence-corrected chi connectivity index (χ0v) is 11.9. The smallest absolute Gasteiger partial charge is 0.244 e. The van der Waals surface area contributed by atoms with E-state index < -0.39 is 6.04 Å². The predicted octanol–water partition coefficient (Wildman–Crippen LogP) is 2.13. The summed E-state index contributed by atoms with van der Waals surface area (Å²) < 4.78 is 4.86. The van der Waals surface area contributed by atoms with Crippen molar-refractivity contribution in [2.24, 2.45) is 0 Å². The van der Waals surface area contributed by atoms with E-state index in [1.165, 1.54) is 19.3 Å². The Hall–Kier alpha value is -1.07. The molecule has 2 N–H and O–H groups in total. The minimum Gasteiger partial charge on any atom is -0.394 e. The number of carbonyl (C=O) groups excluding carboxylic acids is 1. The number of amides is 1. The zero-order valence-electron chi connectivity index (χ0n) is 10.4. The van der Waals surface area contributed by atoms with Crippen LogP contribution in [-0.4, -0.2) is 37.4 Å². The molecule has 1 rings (SSSR count). The third-order valence-corrected chi connectivity index (χ3v) is 2.99. The molecule has 0 bridgehead atoms. The van der Waals surface area contributed by atoms with Crippen LogP contribution in [-0.2, 0) is 9.53 Å². The maximum absolute atomic E-state index is 11.6. The molecule has 0 saturated carbocycles. The van der Waals surface area contributed by atoms with Gasteiger partial charge < -0.3 is 15.2 Å². The van der Waals surface area contributed by atoms with Gasteiger partial charge in [0.1, 0.15) is 0 Å². The second kappa shape index (κ2) is 8.17. The molecule has 0 fully saturated rings. The number of carbonyl (C=O) groups is 1. The van der Waals surface area contributed by atoms with Gasteiger partial charge in [-0.2, -0.15) is 0 Å². The molecule has 6 heteroatoms. The van der Waals surface area contributed by atoms with Crippen LogP contribution in [0.2, 0.25) is 10.0 Å². The van der Waals surface area contributed by atoms with Crippen LogP contribution in [0.15, 0.2) is 24.3 Å². The van der Waals surface area contributed by atoms with E-state index in [4.69, 9.17) is 33.0 Å². The summed E-state index contributed by atoms with van der Waals surface area (Å²) in [7, 11) is 1.49. The van der Waals surface area contributed by atoms with Crippen molar-refractivity contribution in [3.8, 4) is 0 Å². The van der Waals surface area contributed by atoms with E-state index in [-0.39, 0.29) is 19.1 Å². The summed E-state index contributed by atoms with van der Waals surface area (Å²) in [5.41, 5.74) is 0.577. The number of aliphatic hydroxyl groups is 1. The summed E-state index contributed by atoms with van der Waals surface area (Å²) in [5, 5.41) is 12.5. The van der Waals surface area contributed by atoms with Gasteiger partial charge in [0.2, 0.25) is 5.91 Å². The Labute approximate surface area is 122 Å². The molecule has 1 aromatic carbocycles. The molecule has 1 amide bonds. The molecule has 0 heterocycles. The first-order chi connectivity index (χ1) is 9.08. The largest absolute Gasteiger partial charge is 0.394 e. The highest BCUT2D eigenvalue weighted by molar-refractivity contribution is 6.37. The normalized spacial score (nSPS) is 12.6. The minimum absolute atomic E-state index is 0.194. The van der Waals surface area contributed by atoms with E-state index in [0.717, 1.165) is 0 Å². The van der Waals surface area contributed by atoms with Crippen molar-refractivity contribution in [2.75, 3.05) is 20.3 Å². The molecular formula is C13H15Cl2NO3. The van der Waals surface area contributed by atoms with Crippen LogP contribution in [0.5, 0.6) is 0 Å². The average Bonchev–Trinajstić information content (AvgIpc) is 2.37. The van der Waals surface area contributed by atoms with Gasteiger partial charge in [0.25, 0.3) is 0 Å². The van der Waals surface area contributed by atoms with E-state index in [0.29, 0.717) is 15.6 Å². The lowest BCUT2D eigenvalue weighted by Crippen LogP contribution is -2.39. The molecule has 4 nitrogen and oxygen atoms in total. The number of rotatable bonds is 6. The van der Waals surface area contributed by atoms with Crippen molar-refractivity contribution in [3.05, 3.63) is 39.9 Å². The summed E-state index contributed by atoms with van der Waals surface area (Å²) in [5.74, 6) is -0.355. The highest BCUT2D eigenvalue weighted by Crippen LogP contribution is 2.25. The second-order valence-corrected chi connectivity index (χ2v) is 4.63. The topological polar surface area (TPSA) is 58.6 Å². The Morgan fingerprint density at radius 3 is 2.63 bits per heavy atom. The monoisotopic (exact) mass is 303 g/mol. The van der Waals surface area contributed by atoms with Crippen molar-refractivity contribution in [3.63, 3.8) is 0 Å². The van der Waals surface area contributed by atoms with E-state index >= 15 is 0 Å². The van der Waals surface area contributed by atoms with E-state index in [1.807, 2.05) is 0 Å². The van der Waals surface area contributed by atoms with Gasteiger partial charge in [-0.05, 0) is 18.2 Å². The number of halogens is 2. The summed E-state index contributed by atoms with van der Waals surface area (Å²) >= 11 is 11.9. The third-order valence-electron chi connectivity index (χ3n) is 2.34.